The van der Waals surface area contributed by atoms with Crippen molar-refractivity contribution >= 4 is 22.4 Å². The van der Waals surface area contributed by atoms with Gasteiger partial charge in [-0.25, -0.2) is 4.52 Å². The van der Waals surface area contributed by atoms with Crippen molar-refractivity contribution in [1.82, 2.24) is 14.6 Å². The Hall–Kier alpha value is -1.43. The van der Waals surface area contributed by atoms with Gasteiger partial charge in [0.2, 0.25) is 5.95 Å². The molecule has 1 N–H and O–H groups in total. The van der Waals surface area contributed by atoms with Crippen LogP contribution < -0.4 is 5.32 Å². The van der Waals surface area contributed by atoms with E-state index in [1.807, 2.05) is 32.2 Å². The van der Waals surface area contributed by atoms with E-state index in [-0.39, 0.29) is 6.04 Å². The Morgan fingerprint density at radius 1 is 1.50 bits per heavy atom. The number of pyridine rings is 1. The summed E-state index contributed by atoms with van der Waals surface area (Å²) in [4.78, 5) is 4.39. The van der Waals surface area contributed by atoms with E-state index in [1.165, 1.54) is 0 Å². The summed E-state index contributed by atoms with van der Waals surface area (Å²) >= 11 is 0. The fraction of sp³-hybridized carbons (Fsp3) is 0.500. The van der Waals surface area contributed by atoms with Gasteiger partial charge in [-0.2, -0.15) is 4.98 Å². The van der Waals surface area contributed by atoms with E-state index in [0.717, 1.165) is 17.6 Å². The topological polar surface area (TPSA) is 59.3 Å². The number of hydrogen-bond acceptors (Lipinski definition) is 4. The Morgan fingerprint density at radius 2 is 2.28 bits per heavy atom. The zero-order chi connectivity index (χ0) is 13.1. The van der Waals surface area contributed by atoms with Gasteiger partial charge in [-0.15, -0.1) is 5.10 Å². The first-order valence-electron chi connectivity index (χ1n) is 5.94. The first-order valence-corrected chi connectivity index (χ1v) is 7.67. The molecular weight excluding hydrogens is 248 g/mol. The van der Waals surface area contributed by atoms with Crippen LogP contribution in [0.4, 0.5) is 5.95 Å². The summed E-state index contributed by atoms with van der Waals surface area (Å²) in [7, 11) is -0.748. The van der Waals surface area contributed by atoms with Crippen molar-refractivity contribution in [3.8, 4) is 0 Å². The highest BCUT2D eigenvalue weighted by Crippen LogP contribution is 2.09. The molecule has 2 aromatic heterocycles. The zero-order valence-electron chi connectivity index (χ0n) is 10.9. The Morgan fingerprint density at radius 3 is 3.00 bits per heavy atom. The summed E-state index contributed by atoms with van der Waals surface area (Å²) < 4.78 is 12.8. The Balaban J connectivity index is 2.05. The van der Waals surface area contributed by atoms with Gasteiger partial charge in [0.1, 0.15) is 0 Å². The highest BCUT2D eigenvalue weighted by atomic mass is 32.2. The van der Waals surface area contributed by atoms with E-state index in [2.05, 4.69) is 15.4 Å². The fourth-order valence-electron chi connectivity index (χ4n) is 1.68. The van der Waals surface area contributed by atoms with Gasteiger partial charge < -0.3 is 5.32 Å². The number of anilines is 1. The summed E-state index contributed by atoms with van der Waals surface area (Å²) in [6.07, 6.45) is 4.51. The summed E-state index contributed by atoms with van der Waals surface area (Å²) in [5.74, 6) is 1.32. The summed E-state index contributed by atoms with van der Waals surface area (Å²) in [5.41, 5.74) is 1.97. The molecule has 2 aromatic rings. The monoisotopic (exact) mass is 266 g/mol. The van der Waals surface area contributed by atoms with E-state index in [0.29, 0.717) is 11.7 Å². The highest BCUT2D eigenvalue weighted by molar-refractivity contribution is 7.84. The van der Waals surface area contributed by atoms with Crippen LogP contribution in [0.1, 0.15) is 18.9 Å². The number of fused-ring (bicyclic) bond motifs is 1. The van der Waals surface area contributed by atoms with Crippen LogP contribution in [0.5, 0.6) is 0 Å². The van der Waals surface area contributed by atoms with Crippen LogP contribution in [-0.2, 0) is 10.8 Å². The second kappa shape index (κ2) is 5.48. The molecule has 18 heavy (non-hydrogen) atoms. The number of rotatable bonds is 5. The lowest BCUT2D eigenvalue weighted by molar-refractivity contribution is 0.677. The normalized spacial score (nSPS) is 14.6. The van der Waals surface area contributed by atoms with E-state index in [9.17, 15) is 4.21 Å². The van der Waals surface area contributed by atoms with Gasteiger partial charge in [0.15, 0.2) is 5.65 Å². The van der Waals surface area contributed by atoms with Crippen LogP contribution in [0.15, 0.2) is 18.3 Å². The first-order chi connectivity index (χ1) is 8.54. The third-order valence-corrected chi connectivity index (χ3v) is 3.50. The van der Waals surface area contributed by atoms with Crippen molar-refractivity contribution < 1.29 is 4.21 Å². The highest BCUT2D eigenvalue weighted by Gasteiger charge is 2.08. The van der Waals surface area contributed by atoms with E-state index < -0.39 is 10.8 Å². The van der Waals surface area contributed by atoms with Crippen molar-refractivity contribution in [2.45, 2.75) is 26.3 Å². The molecule has 2 unspecified atom stereocenters. The molecule has 2 rings (SSSR count). The molecular formula is C12H18N4OS. The van der Waals surface area contributed by atoms with Gasteiger partial charge in [0, 0.05) is 35.0 Å². The lowest BCUT2D eigenvalue weighted by Gasteiger charge is -2.10. The van der Waals surface area contributed by atoms with Crippen molar-refractivity contribution in [2.75, 3.05) is 17.3 Å². The molecule has 6 heteroatoms. The maximum Gasteiger partial charge on any atom is 0.243 e. The molecule has 5 nitrogen and oxygen atoms in total. The number of aryl methyl sites for hydroxylation is 1. The van der Waals surface area contributed by atoms with Crippen molar-refractivity contribution in [2.24, 2.45) is 0 Å². The second-order valence-corrected chi connectivity index (χ2v) is 6.11. The Bertz CT molecular complexity index is 566. The predicted molar refractivity (Wildman–Crippen MR) is 74.4 cm³/mol. The molecule has 0 spiro atoms. The van der Waals surface area contributed by atoms with Gasteiger partial charge in [-0.1, -0.05) is 6.07 Å². The van der Waals surface area contributed by atoms with Crippen LogP contribution in [0.3, 0.4) is 0 Å². The average molecular weight is 266 g/mol. The number of aromatic nitrogens is 3. The van der Waals surface area contributed by atoms with Gasteiger partial charge in [-0.05, 0) is 31.9 Å². The molecule has 2 atom stereocenters. The van der Waals surface area contributed by atoms with Gasteiger partial charge in [0.05, 0.1) is 0 Å². The minimum atomic E-state index is -0.748. The molecule has 0 fully saturated rings. The quantitative estimate of drug-likeness (QED) is 0.893. The van der Waals surface area contributed by atoms with Crippen LogP contribution in [0.2, 0.25) is 0 Å². The van der Waals surface area contributed by atoms with Gasteiger partial charge >= 0.3 is 0 Å². The molecule has 0 aliphatic carbocycles. The fourth-order valence-corrected chi connectivity index (χ4v) is 2.37. The molecule has 0 saturated heterocycles. The first kappa shape index (κ1) is 13.0. The molecule has 0 radical (unpaired) electrons. The van der Waals surface area contributed by atoms with E-state index >= 15 is 0 Å². The standard InChI is InChI=1S/C12H18N4OS/c1-9-4-5-11-14-12(15-16(11)8-9)13-10(2)6-7-18(3)17/h4-5,8,10H,6-7H2,1-3H3,(H,13,15). The summed E-state index contributed by atoms with van der Waals surface area (Å²) in [6.45, 7) is 4.07. The summed E-state index contributed by atoms with van der Waals surface area (Å²) in [5, 5.41) is 7.59. The van der Waals surface area contributed by atoms with E-state index in [1.54, 1.807) is 10.8 Å². The Kier molecular flexibility index (Phi) is 3.96. The third-order valence-electron chi connectivity index (χ3n) is 2.69. The lowest BCUT2D eigenvalue weighted by atomic mass is 10.3. The molecule has 0 bridgehead atoms. The maximum atomic E-state index is 11.0. The van der Waals surface area contributed by atoms with Crippen LogP contribution >= 0.6 is 0 Å². The van der Waals surface area contributed by atoms with Crippen molar-refractivity contribution in [1.29, 1.82) is 0 Å². The Labute approximate surface area is 109 Å². The largest absolute Gasteiger partial charge is 0.350 e. The van der Waals surface area contributed by atoms with E-state index in [4.69, 9.17) is 0 Å². The minimum Gasteiger partial charge on any atom is -0.350 e. The molecule has 0 aliphatic heterocycles. The van der Waals surface area contributed by atoms with Gasteiger partial charge in [0.25, 0.3) is 0 Å². The summed E-state index contributed by atoms with van der Waals surface area (Å²) in [6, 6.07) is 4.17. The van der Waals surface area contributed by atoms with Crippen LogP contribution in [0.25, 0.3) is 5.65 Å². The molecule has 0 amide bonds. The smallest absolute Gasteiger partial charge is 0.243 e. The second-order valence-electron chi connectivity index (χ2n) is 4.56. The number of nitrogens with zero attached hydrogens (tertiary/aromatic N) is 3. The molecule has 0 aliphatic rings. The lowest BCUT2D eigenvalue weighted by Crippen LogP contribution is -2.18. The van der Waals surface area contributed by atoms with Crippen LogP contribution in [0, 0.1) is 6.92 Å². The average Bonchev–Trinajstić information content (AvgIpc) is 2.67. The molecule has 0 aromatic carbocycles. The number of nitrogens with one attached hydrogen (secondary N) is 1. The van der Waals surface area contributed by atoms with Crippen molar-refractivity contribution in [3.63, 3.8) is 0 Å². The molecule has 0 saturated carbocycles. The minimum absolute atomic E-state index is 0.215. The maximum absolute atomic E-state index is 11.0. The third kappa shape index (κ3) is 3.29. The number of hydrogen-bond donors (Lipinski definition) is 1. The zero-order valence-corrected chi connectivity index (χ0v) is 11.7. The molecule has 2 heterocycles. The van der Waals surface area contributed by atoms with Gasteiger partial charge in [-0.3, -0.25) is 4.21 Å². The molecule has 98 valence electrons. The van der Waals surface area contributed by atoms with Crippen LogP contribution in [-0.4, -0.2) is 36.9 Å². The predicted octanol–water partition coefficient (Wildman–Crippen LogP) is 1.61. The SMILES string of the molecule is Cc1ccc2nc(NC(C)CCS(C)=O)nn2c1. The van der Waals surface area contributed by atoms with Crippen molar-refractivity contribution in [3.05, 3.63) is 23.9 Å².